The summed E-state index contributed by atoms with van der Waals surface area (Å²) in [7, 11) is -3.52. The molecule has 42 heavy (non-hydrogen) atoms. The molecule has 0 aromatic carbocycles. The van der Waals surface area contributed by atoms with Gasteiger partial charge in [0.2, 0.25) is 0 Å². The average Bonchev–Trinajstić information content (AvgIpc) is 3.28. The summed E-state index contributed by atoms with van der Waals surface area (Å²) in [6.45, 7) is 6.30. The summed E-state index contributed by atoms with van der Waals surface area (Å²) in [5, 5.41) is 2.51. The molecule has 0 aromatic rings. The standard InChI is InChI=1S/C25H40NO15P/c1-7-9-11-35-42(32,36-12-10-8-2)41-25(23(30)33-6)13-18-20(26-24(31)39-18)22(40-25)21(38-17(5)29)19(37-16(4)28)14-34-15(3)27/h18-22H,7-14H2,1-6H3,(H,26,31)/t18-,19+,20+,21+,22+,25-/m0/s1. The third-order valence-corrected chi connectivity index (χ3v) is 7.62. The highest BCUT2D eigenvalue weighted by molar-refractivity contribution is 7.48. The number of carbonyl (C=O) groups is 5. The molecule has 0 aromatic heterocycles. The minimum Gasteiger partial charge on any atom is -0.465 e. The van der Waals surface area contributed by atoms with E-state index >= 15 is 0 Å². The van der Waals surface area contributed by atoms with Crippen LogP contribution in [0.3, 0.4) is 0 Å². The molecule has 17 heteroatoms. The van der Waals surface area contributed by atoms with Crippen LogP contribution in [0.5, 0.6) is 0 Å². The summed E-state index contributed by atoms with van der Waals surface area (Å²) in [5.74, 6) is -6.23. The van der Waals surface area contributed by atoms with Gasteiger partial charge in [-0.1, -0.05) is 26.7 Å². The number of rotatable bonds is 17. The minimum atomic E-state index is -4.54. The van der Waals surface area contributed by atoms with E-state index in [4.69, 9.17) is 42.0 Å². The molecule has 0 spiro atoms. The number of unbranched alkanes of at least 4 members (excludes halogenated alkanes) is 2. The first-order valence-electron chi connectivity index (χ1n) is 13.6. The van der Waals surface area contributed by atoms with Crippen molar-refractivity contribution in [1.82, 2.24) is 5.32 Å². The van der Waals surface area contributed by atoms with E-state index in [2.05, 4.69) is 5.32 Å². The Morgan fingerprint density at radius 2 is 1.60 bits per heavy atom. The van der Waals surface area contributed by atoms with Crippen LogP contribution in [0.2, 0.25) is 0 Å². The largest absolute Gasteiger partial charge is 0.477 e. The highest BCUT2D eigenvalue weighted by atomic mass is 31.2. The second-order valence-electron chi connectivity index (χ2n) is 9.58. The van der Waals surface area contributed by atoms with Gasteiger partial charge in [0.25, 0.3) is 5.79 Å². The number of fused-ring (bicyclic) bond motifs is 1. The van der Waals surface area contributed by atoms with Crippen LogP contribution in [0, 0.1) is 0 Å². The molecule has 1 amide bonds. The van der Waals surface area contributed by atoms with E-state index in [1.807, 2.05) is 13.8 Å². The van der Waals surface area contributed by atoms with Crippen LogP contribution in [0.4, 0.5) is 4.79 Å². The molecule has 0 bridgehead atoms. The van der Waals surface area contributed by atoms with Crippen molar-refractivity contribution >= 4 is 37.8 Å². The van der Waals surface area contributed by atoms with Crippen LogP contribution < -0.4 is 5.32 Å². The first kappa shape index (κ1) is 35.4. The maximum atomic E-state index is 13.8. The average molecular weight is 626 g/mol. The number of phosphoric acid groups is 1. The number of methoxy groups -OCH3 is 1. The van der Waals surface area contributed by atoms with Crippen molar-refractivity contribution in [3.05, 3.63) is 0 Å². The minimum absolute atomic E-state index is 0.0455. The van der Waals surface area contributed by atoms with Gasteiger partial charge in [-0.3, -0.25) is 23.4 Å². The van der Waals surface area contributed by atoms with E-state index in [1.165, 1.54) is 0 Å². The van der Waals surface area contributed by atoms with Gasteiger partial charge in [-0.05, 0) is 12.8 Å². The Morgan fingerprint density at radius 1 is 1.00 bits per heavy atom. The maximum Gasteiger partial charge on any atom is 0.477 e. The summed E-state index contributed by atoms with van der Waals surface area (Å²) in [6, 6.07) is -1.11. The van der Waals surface area contributed by atoms with Crippen molar-refractivity contribution in [2.45, 2.75) is 103 Å². The van der Waals surface area contributed by atoms with Crippen LogP contribution >= 0.6 is 7.82 Å². The van der Waals surface area contributed by atoms with Gasteiger partial charge in [-0.2, -0.15) is 0 Å². The molecule has 2 rings (SSSR count). The van der Waals surface area contributed by atoms with E-state index in [0.29, 0.717) is 25.7 Å². The van der Waals surface area contributed by atoms with Crippen LogP contribution in [-0.2, 0) is 65.7 Å². The van der Waals surface area contributed by atoms with Crippen LogP contribution in [-0.4, -0.2) is 93.1 Å². The topological polar surface area (TPSA) is 198 Å². The number of amides is 1. The Morgan fingerprint density at radius 3 is 2.10 bits per heavy atom. The number of carbonyl (C=O) groups excluding carboxylic acids is 5. The molecule has 0 radical (unpaired) electrons. The molecule has 240 valence electrons. The Balaban J connectivity index is 2.62. The SMILES string of the molecule is CCCCOP(=O)(OCCCC)O[C@]1(C(=O)OC)C[C@@H]2OC(=O)N[C@H]2[C@H]([C@H](OC(C)=O)[C@@H](COC(C)=O)OC(C)=O)O1. The number of phosphoric ester groups is 1. The molecule has 2 aliphatic heterocycles. The zero-order chi connectivity index (χ0) is 31.5. The number of esters is 4. The van der Waals surface area contributed by atoms with Gasteiger partial charge in [0.05, 0.1) is 32.8 Å². The third-order valence-electron chi connectivity index (χ3n) is 6.10. The Bertz CT molecular complexity index is 1010. The highest BCUT2D eigenvalue weighted by Gasteiger charge is 2.63. The third kappa shape index (κ3) is 9.90. The molecule has 2 heterocycles. The fraction of sp³-hybridized carbons (Fsp3) is 0.800. The first-order chi connectivity index (χ1) is 19.8. The van der Waals surface area contributed by atoms with Crippen molar-refractivity contribution in [1.29, 1.82) is 0 Å². The Hall–Kier alpha value is -2.78. The van der Waals surface area contributed by atoms with Gasteiger partial charge in [-0.25, -0.2) is 18.7 Å². The maximum absolute atomic E-state index is 13.8. The van der Waals surface area contributed by atoms with Crippen molar-refractivity contribution in [3.8, 4) is 0 Å². The van der Waals surface area contributed by atoms with Crippen LogP contribution in [0.15, 0.2) is 0 Å². The van der Waals surface area contributed by atoms with E-state index in [-0.39, 0.29) is 13.2 Å². The van der Waals surface area contributed by atoms with Crippen molar-refractivity contribution in [2.24, 2.45) is 0 Å². The molecular weight excluding hydrogens is 585 g/mol. The van der Waals surface area contributed by atoms with Gasteiger partial charge in [0.1, 0.15) is 18.8 Å². The molecule has 0 unspecified atom stereocenters. The van der Waals surface area contributed by atoms with Gasteiger partial charge in [0, 0.05) is 20.8 Å². The van der Waals surface area contributed by atoms with E-state index in [9.17, 15) is 28.5 Å². The molecule has 2 fully saturated rings. The summed E-state index contributed by atoms with van der Waals surface area (Å²) in [6.07, 6.45) is -4.97. The summed E-state index contributed by atoms with van der Waals surface area (Å²) in [4.78, 5) is 61.4. The fourth-order valence-electron chi connectivity index (χ4n) is 4.26. The molecule has 2 aliphatic rings. The normalized spacial score (nSPS) is 24.8. The lowest BCUT2D eigenvalue weighted by molar-refractivity contribution is -0.286. The second kappa shape index (κ2) is 16.2. The van der Waals surface area contributed by atoms with Crippen LogP contribution in [0.25, 0.3) is 0 Å². The number of alkyl carbamates (subject to hydrolysis) is 1. The summed E-state index contributed by atoms with van der Waals surface area (Å²) < 4.78 is 62.7. The lowest BCUT2D eigenvalue weighted by atomic mass is 9.89. The predicted octanol–water partition coefficient (Wildman–Crippen LogP) is 2.31. The molecule has 0 aliphatic carbocycles. The number of nitrogens with one attached hydrogen (secondary N) is 1. The number of hydrogen-bond acceptors (Lipinski definition) is 15. The molecule has 0 saturated carbocycles. The lowest BCUT2D eigenvalue weighted by Gasteiger charge is -2.45. The lowest BCUT2D eigenvalue weighted by Crippen LogP contribution is -2.66. The smallest absolute Gasteiger partial charge is 0.465 e. The molecule has 1 N–H and O–H groups in total. The van der Waals surface area contributed by atoms with E-state index in [1.54, 1.807) is 0 Å². The zero-order valence-electron chi connectivity index (χ0n) is 24.6. The second-order valence-corrected chi connectivity index (χ2v) is 11.2. The first-order valence-corrected chi connectivity index (χ1v) is 15.1. The molecule has 6 atom stereocenters. The summed E-state index contributed by atoms with van der Waals surface area (Å²) in [5.41, 5.74) is 0. The Labute approximate surface area is 243 Å². The number of hydrogen-bond donors (Lipinski definition) is 1. The van der Waals surface area contributed by atoms with E-state index in [0.717, 1.165) is 27.9 Å². The predicted molar refractivity (Wildman–Crippen MR) is 140 cm³/mol. The van der Waals surface area contributed by atoms with Crippen LogP contribution in [0.1, 0.15) is 66.7 Å². The summed E-state index contributed by atoms with van der Waals surface area (Å²) >= 11 is 0. The zero-order valence-corrected chi connectivity index (χ0v) is 25.5. The number of ether oxygens (including phenoxy) is 6. The Kier molecular flexibility index (Phi) is 13.6. The van der Waals surface area contributed by atoms with Gasteiger partial charge >= 0.3 is 37.8 Å². The van der Waals surface area contributed by atoms with Gasteiger partial charge in [0.15, 0.2) is 12.2 Å². The van der Waals surface area contributed by atoms with Gasteiger partial charge < -0.3 is 33.7 Å². The molecular formula is C25H40NO15P. The molecule has 2 saturated heterocycles. The quantitative estimate of drug-likeness (QED) is 0.107. The van der Waals surface area contributed by atoms with E-state index < -0.39 is 87.1 Å². The van der Waals surface area contributed by atoms with Crippen molar-refractivity contribution in [2.75, 3.05) is 26.9 Å². The van der Waals surface area contributed by atoms with Crippen molar-refractivity contribution < 1.29 is 70.5 Å². The fourth-order valence-corrected chi connectivity index (χ4v) is 5.70. The highest BCUT2D eigenvalue weighted by Crippen LogP contribution is 2.56. The van der Waals surface area contributed by atoms with Gasteiger partial charge in [-0.15, -0.1) is 0 Å². The van der Waals surface area contributed by atoms with Crippen molar-refractivity contribution in [3.63, 3.8) is 0 Å². The monoisotopic (exact) mass is 625 g/mol. The molecule has 16 nitrogen and oxygen atoms in total.